The van der Waals surface area contributed by atoms with E-state index >= 15 is 0 Å². The third-order valence-electron chi connectivity index (χ3n) is 4.66. The number of imidazole rings is 1. The number of nitrogens with zero attached hydrogens (tertiary/aromatic N) is 6. The van der Waals surface area contributed by atoms with Gasteiger partial charge < -0.3 is 4.90 Å². The average Bonchev–Trinajstić information content (AvgIpc) is 3.27. The normalized spacial score (nSPS) is 16.2. The number of fused-ring (bicyclic) bond motifs is 1. The summed E-state index contributed by atoms with van der Waals surface area (Å²) >= 11 is 0. The highest BCUT2D eigenvalue weighted by molar-refractivity contribution is 5.79. The van der Waals surface area contributed by atoms with Crippen molar-refractivity contribution in [1.29, 1.82) is 0 Å². The second-order valence-corrected chi connectivity index (χ2v) is 6.65. The van der Waals surface area contributed by atoms with Crippen LogP contribution < -0.4 is 4.90 Å². The van der Waals surface area contributed by atoms with Crippen LogP contribution in [0.3, 0.4) is 0 Å². The Morgan fingerprint density at radius 1 is 0.962 bits per heavy atom. The van der Waals surface area contributed by atoms with Crippen LogP contribution in [-0.4, -0.2) is 36.9 Å². The van der Waals surface area contributed by atoms with E-state index in [9.17, 15) is 0 Å². The summed E-state index contributed by atoms with van der Waals surface area (Å²) in [6.45, 7) is 5.17. The van der Waals surface area contributed by atoms with Gasteiger partial charge in [0.1, 0.15) is 17.0 Å². The first-order valence-electron chi connectivity index (χ1n) is 8.72. The second kappa shape index (κ2) is 5.62. The Morgan fingerprint density at radius 3 is 2.65 bits per heavy atom. The Kier molecular flexibility index (Phi) is 3.25. The van der Waals surface area contributed by atoms with E-state index in [0.29, 0.717) is 6.04 Å². The van der Waals surface area contributed by atoms with E-state index < -0.39 is 0 Å². The molecule has 1 unspecified atom stereocenters. The molecule has 0 spiro atoms. The summed E-state index contributed by atoms with van der Waals surface area (Å²) in [6.07, 6.45) is 3.83. The standard InChI is InChI=1S/C20H18N6/c1-13-6-5-7-15(22-13)18-19(25-11-4-3-8-17(25)24-18)16-9-10-21-20(23-16)26-12-14(26)2/h3-11,14H,12H2,1-2H3. The first-order chi connectivity index (χ1) is 12.7. The number of rotatable bonds is 3. The quantitative estimate of drug-likeness (QED) is 0.534. The first-order valence-corrected chi connectivity index (χ1v) is 8.72. The van der Waals surface area contributed by atoms with E-state index in [4.69, 9.17) is 9.97 Å². The lowest BCUT2D eigenvalue weighted by molar-refractivity contribution is 1.04. The third-order valence-corrected chi connectivity index (χ3v) is 4.66. The van der Waals surface area contributed by atoms with Gasteiger partial charge in [-0.05, 0) is 44.2 Å². The van der Waals surface area contributed by atoms with Gasteiger partial charge in [0, 0.05) is 30.7 Å². The molecule has 0 saturated carbocycles. The van der Waals surface area contributed by atoms with Gasteiger partial charge in [0.25, 0.3) is 0 Å². The topological polar surface area (TPSA) is 59.0 Å². The van der Waals surface area contributed by atoms with Crippen molar-refractivity contribution in [2.75, 3.05) is 11.4 Å². The van der Waals surface area contributed by atoms with Gasteiger partial charge in [-0.3, -0.25) is 9.38 Å². The predicted molar refractivity (Wildman–Crippen MR) is 101 cm³/mol. The molecule has 5 heterocycles. The molecule has 1 aliphatic heterocycles. The highest BCUT2D eigenvalue weighted by Gasteiger charge is 2.32. The van der Waals surface area contributed by atoms with Crippen molar-refractivity contribution in [1.82, 2.24) is 24.3 Å². The fourth-order valence-corrected chi connectivity index (χ4v) is 3.23. The minimum Gasteiger partial charge on any atom is -0.334 e. The minimum absolute atomic E-state index is 0.505. The summed E-state index contributed by atoms with van der Waals surface area (Å²) in [7, 11) is 0. The lowest BCUT2D eigenvalue weighted by atomic mass is 10.1. The number of hydrogen-bond acceptors (Lipinski definition) is 5. The fourth-order valence-electron chi connectivity index (χ4n) is 3.23. The molecule has 6 nitrogen and oxygen atoms in total. The smallest absolute Gasteiger partial charge is 0.226 e. The summed E-state index contributed by atoms with van der Waals surface area (Å²) in [5.74, 6) is 0.768. The van der Waals surface area contributed by atoms with Crippen molar-refractivity contribution in [3.8, 4) is 22.8 Å². The maximum absolute atomic E-state index is 4.83. The Labute approximate surface area is 151 Å². The van der Waals surface area contributed by atoms with Gasteiger partial charge >= 0.3 is 0 Å². The Morgan fingerprint density at radius 2 is 1.85 bits per heavy atom. The van der Waals surface area contributed by atoms with Gasteiger partial charge in [-0.15, -0.1) is 0 Å². The Balaban J connectivity index is 1.75. The molecule has 0 aliphatic carbocycles. The average molecular weight is 342 g/mol. The van der Waals surface area contributed by atoms with E-state index in [-0.39, 0.29) is 0 Å². The largest absolute Gasteiger partial charge is 0.334 e. The van der Waals surface area contributed by atoms with E-state index in [2.05, 4.69) is 26.2 Å². The van der Waals surface area contributed by atoms with Crippen molar-refractivity contribution in [2.45, 2.75) is 19.9 Å². The Bertz CT molecular complexity index is 1120. The highest BCUT2D eigenvalue weighted by atomic mass is 15.4. The van der Waals surface area contributed by atoms with E-state index in [0.717, 1.165) is 46.6 Å². The second-order valence-electron chi connectivity index (χ2n) is 6.65. The molecule has 0 bridgehead atoms. The van der Waals surface area contributed by atoms with Crippen molar-refractivity contribution in [3.63, 3.8) is 0 Å². The summed E-state index contributed by atoms with van der Waals surface area (Å²) in [5, 5.41) is 0. The number of pyridine rings is 2. The summed E-state index contributed by atoms with van der Waals surface area (Å²) in [5.41, 5.74) is 5.32. The molecule has 26 heavy (non-hydrogen) atoms. The van der Waals surface area contributed by atoms with Gasteiger partial charge in [0.2, 0.25) is 5.95 Å². The third kappa shape index (κ3) is 2.42. The Hall–Kier alpha value is -3.28. The van der Waals surface area contributed by atoms with Crippen LogP contribution in [0, 0.1) is 6.92 Å². The lowest BCUT2D eigenvalue weighted by Crippen LogP contribution is -2.03. The molecule has 6 heteroatoms. The molecule has 0 amide bonds. The molecule has 1 saturated heterocycles. The molecule has 1 fully saturated rings. The highest BCUT2D eigenvalue weighted by Crippen LogP contribution is 2.32. The first kappa shape index (κ1) is 15.0. The fraction of sp³-hybridized carbons (Fsp3) is 0.200. The van der Waals surface area contributed by atoms with Crippen LogP contribution >= 0.6 is 0 Å². The molecule has 4 aromatic heterocycles. The van der Waals surface area contributed by atoms with Gasteiger partial charge in [0.05, 0.1) is 11.4 Å². The molecule has 0 aromatic carbocycles. The molecular weight excluding hydrogens is 324 g/mol. The van der Waals surface area contributed by atoms with Gasteiger partial charge in [0.15, 0.2) is 0 Å². The van der Waals surface area contributed by atoms with E-state index in [1.807, 2.05) is 61.8 Å². The van der Waals surface area contributed by atoms with Gasteiger partial charge in [-0.2, -0.15) is 0 Å². The summed E-state index contributed by atoms with van der Waals surface area (Å²) < 4.78 is 2.07. The number of hydrogen-bond donors (Lipinski definition) is 0. The molecule has 1 aliphatic rings. The van der Waals surface area contributed by atoms with Gasteiger partial charge in [-0.25, -0.2) is 15.0 Å². The van der Waals surface area contributed by atoms with Crippen LogP contribution in [0.5, 0.6) is 0 Å². The van der Waals surface area contributed by atoms with Crippen molar-refractivity contribution < 1.29 is 0 Å². The molecule has 128 valence electrons. The molecule has 5 rings (SSSR count). The number of anilines is 1. The molecule has 0 N–H and O–H groups in total. The maximum Gasteiger partial charge on any atom is 0.226 e. The van der Waals surface area contributed by atoms with E-state index in [1.165, 1.54) is 0 Å². The minimum atomic E-state index is 0.505. The SMILES string of the molecule is Cc1cccc(-c2nc3ccccn3c2-c2ccnc(N3CC3C)n2)n1. The van der Waals surface area contributed by atoms with Crippen molar-refractivity contribution in [3.05, 3.63) is 60.6 Å². The van der Waals surface area contributed by atoms with Crippen LogP contribution in [-0.2, 0) is 0 Å². The zero-order chi connectivity index (χ0) is 17.7. The van der Waals surface area contributed by atoms with Crippen LogP contribution in [0.4, 0.5) is 5.95 Å². The zero-order valence-electron chi connectivity index (χ0n) is 14.7. The summed E-state index contributed by atoms with van der Waals surface area (Å²) in [4.78, 5) is 20.9. The molecule has 1 atom stereocenters. The zero-order valence-corrected chi connectivity index (χ0v) is 14.7. The van der Waals surface area contributed by atoms with Crippen molar-refractivity contribution >= 4 is 11.6 Å². The lowest BCUT2D eigenvalue weighted by Gasteiger charge is -2.07. The monoisotopic (exact) mass is 342 g/mol. The molecular formula is C20H18N6. The molecule has 4 aromatic rings. The van der Waals surface area contributed by atoms with Crippen molar-refractivity contribution in [2.24, 2.45) is 0 Å². The maximum atomic E-state index is 4.83. The molecule has 0 radical (unpaired) electrons. The number of aryl methyl sites for hydroxylation is 1. The van der Waals surface area contributed by atoms with Crippen LogP contribution in [0.15, 0.2) is 54.9 Å². The summed E-state index contributed by atoms with van der Waals surface area (Å²) in [6, 6.07) is 14.4. The van der Waals surface area contributed by atoms with Crippen LogP contribution in [0.2, 0.25) is 0 Å². The van der Waals surface area contributed by atoms with Gasteiger partial charge in [-0.1, -0.05) is 12.1 Å². The van der Waals surface area contributed by atoms with E-state index in [1.54, 1.807) is 0 Å². The van der Waals surface area contributed by atoms with Crippen LogP contribution in [0.25, 0.3) is 28.4 Å². The predicted octanol–water partition coefficient (Wildman–Crippen LogP) is 3.37. The van der Waals surface area contributed by atoms with Crippen LogP contribution in [0.1, 0.15) is 12.6 Å². The number of aromatic nitrogens is 5.